The molecule has 2 fully saturated rings. The van der Waals surface area contributed by atoms with Gasteiger partial charge in [-0.3, -0.25) is 0 Å². The normalized spacial score (nSPS) is 28.2. The molecule has 0 aliphatic heterocycles. The first-order valence-electron chi connectivity index (χ1n) is 9.06. The number of nitrogens with zero attached hydrogens (tertiary/aromatic N) is 4. The highest BCUT2D eigenvalue weighted by Gasteiger charge is 2.38. The molecule has 2 aliphatic carbocycles. The highest BCUT2D eigenvalue weighted by atomic mass is 32.2. The van der Waals surface area contributed by atoms with Crippen molar-refractivity contribution in [1.82, 2.24) is 15.0 Å². The first-order valence-corrected chi connectivity index (χ1v) is 10.9. The molecule has 0 amide bonds. The summed E-state index contributed by atoms with van der Waals surface area (Å²) in [6, 6.07) is 4.49. The molecule has 7 nitrogen and oxygen atoms in total. The third kappa shape index (κ3) is 3.28. The van der Waals surface area contributed by atoms with E-state index in [1.165, 1.54) is 0 Å². The van der Waals surface area contributed by atoms with Crippen LogP contribution in [0.15, 0.2) is 18.6 Å². The van der Waals surface area contributed by atoms with Gasteiger partial charge in [0.2, 0.25) is 0 Å². The van der Waals surface area contributed by atoms with E-state index in [1.807, 2.05) is 19.3 Å². The number of rotatable bonds is 6. The lowest BCUT2D eigenvalue weighted by atomic mass is 9.77. The third-order valence-corrected chi connectivity index (χ3v) is 7.78. The summed E-state index contributed by atoms with van der Waals surface area (Å²) in [6.45, 7) is 0. The number of hydrogen-bond acceptors (Lipinski definition) is 6. The van der Waals surface area contributed by atoms with Crippen LogP contribution in [-0.2, 0) is 9.84 Å². The van der Waals surface area contributed by atoms with Gasteiger partial charge >= 0.3 is 0 Å². The van der Waals surface area contributed by atoms with E-state index in [4.69, 9.17) is 5.26 Å². The minimum Gasteiger partial charge on any atom is -0.356 e. The van der Waals surface area contributed by atoms with Crippen molar-refractivity contribution in [3.8, 4) is 6.07 Å². The molecule has 0 atom stereocenters. The lowest BCUT2D eigenvalue weighted by Gasteiger charge is -2.42. The molecule has 138 valence electrons. The number of nitrogens with one attached hydrogen (secondary N) is 1. The SMILES string of the molecule is CN(c1ncnc2[nH]ccc12)C1CC(CS(=O)(=O)CC2CC(C#N)C2)C1. The van der Waals surface area contributed by atoms with Crippen LogP contribution in [0.25, 0.3) is 11.0 Å². The maximum absolute atomic E-state index is 12.4. The van der Waals surface area contributed by atoms with Crippen molar-refractivity contribution in [2.24, 2.45) is 17.8 Å². The van der Waals surface area contributed by atoms with E-state index in [1.54, 1.807) is 6.33 Å². The summed E-state index contributed by atoms with van der Waals surface area (Å²) in [4.78, 5) is 13.8. The average molecular weight is 373 g/mol. The number of anilines is 1. The van der Waals surface area contributed by atoms with Crippen molar-refractivity contribution in [1.29, 1.82) is 5.26 Å². The molecule has 0 spiro atoms. The number of H-pyrrole nitrogens is 1. The maximum atomic E-state index is 12.4. The predicted molar refractivity (Wildman–Crippen MR) is 99.3 cm³/mol. The molecular formula is C18H23N5O2S. The van der Waals surface area contributed by atoms with Gasteiger partial charge in [0, 0.05) is 25.2 Å². The summed E-state index contributed by atoms with van der Waals surface area (Å²) < 4.78 is 24.8. The minimum absolute atomic E-state index is 0.0649. The van der Waals surface area contributed by atoms with Gasteiger partial charge in [-0.05, 0) is 43.6 Å². The number of hydrogen-bond donors (Lipinski definition) is 1. The Bertz CT molecular complexity index is 936. The first kappa shape index (κ1) is 17.3. The molecule has 2 aliphatic rings. The Kier molecular flexibility index (Phi) is 4.35. The summed E-state index contributed by atoms with van der Waals surface area (Å²) in [6.07, 6.45) is 6.63. The average Bonchev–Trinajstić information content (AvgIpc) is 3.01. The van der Waals surface area contributed by atoms with Gasteiger partial charge in [0.1, 0.15) is 17.8 Å². The number of fused-ring (bicyclic) bond motifs is 1. The lowest BCUT2D eigenvalue weighted by Crippen LogP contribution is -2.45. The molecule has 26 heavy (non-hydrogen) atoms. The van der Waals surface area contributed by atoms with Crippen LogP contribution in [0.1, 0.15) is 25.7 Å². The van der Waals surface area contributed by atoms with Crippen LogP contribution in [0.4, 0.5) is 5.82 Å². The van der Waals surface area contributed by atoms with Gasteiger partial charge in [-0.15, -0.1) is 0 Å². The molecule has 0 saturated heterocycles. The molecule has 2 saturated carbocycles. The molecule has 2 aromatic heterocycles. The Morgan fingerprint density at radius 1 is 1.23 bits per heavy atom. The monoisotopic (exact) mass is 373 g/mol. The number of nitriles is 1. The molecule has 2 aromatic rings. The molecule has 4 rings (SSSR count). The zero-order chi connectivity index (χ0) is 18.3. The van der Waals surface area contributed by atoms with Gasteiger partial charge in [0.25, 0.3) is 0 Å². The van der Waals surface area contributed by atoms with Crippen molar-refractivity contribution >= 4 is 26.7 Å². The van der Waals surface area contributed by atoms with Crippen LogP contribution in [0.3, 0.4) is 0 Å². The van der Waals surface area contributed by atoms with Crippen LogP contribution in [0.5, 0.6) is 0 Å². The molecule has 8 heteroatoms. The minimum atomic E-state index is -3.03. The second-order valence-corrected chi connectivity index (χ2v) is 9.93. The number of sulfone groups is 1. The second kappa shape index (κ2) is 6.54. The van der Waals surface area contributed by atoms with Crippen LogP contribution in [-0.4, -0.2) is 48.0 Å². The van der Waals surface area contributed by atoms with E-state index in [9.17, 15) is 8.42 Å². The van der Waals surface area contributed by atoms with Gasteiger partial charge in [-0.1, -0.05) is 0 Å². The van der Waals surface area contributed by atoms with Gasteiger partial charge in [-0.2, -0.15) is 5.26 Å². The quantitative estimate of drug-likeness (QED) is 0.832. The fraction of sp³-hybridized carbons (Fsp3) is 0.611. The van der Waals surface area contributed by atoms with Crippen LogP contribution >= 0.6 is 0 Å². The summed E-state index contributed by atoms with van der Waals surface area (Å²) in [5.74, 6) is 1.88. The molecular weight excluding hydrogens is 350 g/mol. The van der Waals surface area contributed by atoms with E-state index in [0.717, 1.165) is 42.5 Å². The lowest BCUT2D eigenvalue weighted by molar-refractivity contribution is 0.266. The Balaban J connectivity index is 1.31. The molecule has 2 heterocycles. The molecule has 0 radical (unpaired) electrons. The Labute approximate surface area is 153 Å². The van der Waals surface area contributed by atoms with Crippen LogP contribution < -0.4 is 4.90 Å². The maximum Gasteiger partial charge on any atom is 0.150 e. The fourth-order valence-electron chi connectivity index (χ4n) is 4.23. The molecule has 1 N–H and O–H groups in total. The summed E-state index contributed by atoms with van der Waals surface area (Å²) in [5, 5.41) is 9.80. The van der Waals surface area contributed by atoms with Crippen molar-refractivity contribution in [3.05, 3.63) is 18.6 Å². The van der Waals surface area contributed by atoms with E-state index < -0.39 is 9.84 Å². The molecule has 0 unspecified atom stereocenters. The second-order valence-electron chi connectivity index (χ2n) is 7.78. The number of aromatic nitrogens is 3. The van der Waals surface area contributed by atoms with Crippen LogP contribution in [0, 0.1) is 29.1 Å². The summed E-state index contributed by atoms with van der Waals surface area (Å²) >= 11 is 0. The highest BCUT2D eigenvalue weighted by molar-refractivity contribution is 7.91. The summed E-state index contributed by atoms with van der Waals surface area (Å²) in [7, 11) is -1.02. The van der Waals surface area contributed by atoms with Crippen molar-refractivity contribution in [3.63, 3.8) is 0 Å². The number of aromatic amines is 1. The van der Waals surface area contributed by atoms with Gasteiger partial charge < -0.3 is 9.88 Å². The van der Waals surface area contributed by atoms with Crippen LogP contribution in [0.2, 0.25) is 0 Å². The molecule has 0 bridgehead atoms. The Morgan fingerprint density at radius 2 is 1.92 bits per heavy atom. The fourth-order valence-corrected chi connectivity index (χ4v) is 6.35. The van der Waals surface area contributed by atoms with Gasteiger partial charge in [0.05, 0.1) is 23.0 Å². The van der Waals surface area contributed by atoms with E-state index in [2.05, 4.69) is 25.9 Å². The van der Waals surface area contributed by atoms with E-state index in [0.29, 0.717) is 6.04 Å². The first-order chi connectivity index (χ1) is 12.4. The molecule has 0 aromatic carbocycles. The zero-order valence-electron chi connectivity index (χ0n) is 14.8. The van der Waals surface area contributed by atoms with Gasteiger partial charge in [0.15, 0.2) is 9.84 Å². The topological polar surface area (TPSA) is 103 Å². The van der Waals surface area contributed by atoms with E-state index in [-0.39, 0.29) is 29.3 Å². The van der Waals surface area contributed by atoms with Crippen molar-refractivity contribution < 1.29 is 8.42 Å². The largest absolute Gasteiger partial charge is 0.356 e. The van der Waals surface area contributed by atoms with E-state index >= 15 is 0 Å². The van der Waals surface area contributed by atoms with Crippen molar-refractivity contribution in [2.75, 3.05) is 23.5 Å². The smallest absolute Gasteiger partial charge is 0.150 e. The Hall–Kier alpha value is -2.14. The van der Waals surface area contributed by atoms with Crippen molar-refractivity contribution in [2.45, 2.75) is 31.7 Å². The summed E-state index contributed by atoms with van der Waals surface area (Å²) in [5.41, 5.74) is 0.816. The standard InChI is InChI=1S/C18H23N5O2S/c1-23(18-16-2-3-20-17(16)21-11-22-18)15-6-14(7-15)10-26(24,25)9-13-4-12(5-13)8-19/h2-3,11-15H,4-7,9-10H2,1H3,(H,20,21,22). The zero-order valence-corrected chi connectivity index (χ0v) is 15.6. The van der Waals surface area contributed by atoms with Gasteiger partial charge in [-0.25, -0.2) is 18.4 Å². The Morgan fingerprint density at radius 3 is 2.62 bits per heavy atom. The predicted octanol–water partition coefficient (Wildman–Crippen LogP) is 2.14. The highest BCUT2D eigenvalue weighted by Crippen LogP contribution is 2.38. The third-order valence-electron chi connectivity index (χ3n) is 5.82.